The highest BCUT2D eigenvalue weighted by atomic mass is 16.4. The van der Waals surface area contributed by atoms with E-state index in [2.05, 4.69) is 36.1 Å². The Balaban J connectivity index is 2.46. The van der Waals surface area contributed by atoms with Gasteiger partial charge in [-0.2, -0.15) is 0 Å². The van der Waals surface area contributed by atoms with E-state index in [0.29, 0.717) is 6.42 Å². The second-order valence-electron chi connectivity index (χ2n) is 5.86. The first-order valence-electron chi connectivity index (χ1n) is 7.79. The minimum Gasteiger partial charge on any atom is -0.480 e. The third-order valence-electron chi connectivity index (χ3n) is 3.77. The topological polar surface area (TPSA) is 66.6 Å². The van der Waals surface area contributed by atoms with E-state index in [-0.39, 0.29) is 0 Å². The van der Waals surface area contributed by atoms with Crippen LogP contribution in [0, 0.1) is 0 Å². The molecule has 0 fully saturated rings. The molecule has 1 rings (SSSR count). The Morgan fingerprint density at radius 1 is 1.19 bits per heavy atom. The van der Waals surface area contributed by atoms with Crippen LogP contribution in [0.1, 0.15) is 46.0 Å². The highest BCUT2D eigenvalue weighted by Gasteiger charge is 2.26. The first-order chi connectivity index (χ1) is 9.97. The summed E-state index contributed by atoms with van der Waals surface area (Å²) in [4.78, 5) is 13.3. The smallest absolute Gasteiger partial charge is 0.323 e. The predicted molar refractivity (Wildman–Crippen MR) is 87.6 cm³/mol. The molecule has 118 valence electrons. The van der Waals surface area contributed by atoms with Gasteiger partial charge in [0.1, 0.15) is 5.54 Å². The minimum absolute atomic E-state index is 0.513. The van der Waals surface area contributed by atoms with Crippen molar-refractivity contribution in [2.75, 3.05) is 18.0 Å². The van der Waals surface area contributed by atoms with Crippen molar-refractivity contribution in [2.45, 2.75) is 51.5 Å². The molecule has 3 N–H and O–H groups in total. The Bertz CT molecular complexity index is 418. The Labute approximate surface area is 128 Å². The normalized spacial score (nSPS) is 13.7. The Morgan fingerprint density at radius 2 is 1.81 bits per heavy atom. The average Bonchev–Trinajstić information content (AvgIpc) is 2.47. The van der Waals surface area contributed by atoms with E-state index in [9.17, 15) is 4.79 Å². The van der Waals surface area contributed by atoms with Crippen LogP contribution in [0.2, 0.25) is 0 Å². The lowest BCUT2D eigenvalue weighted by molar-refractivity contribution is -0.142. The van der Waals surface area contributed by atoms with Gasteiger partial charge in [-0.15, -0.1) is 0 Å². The summed E-state index contributed by atoms with van der Waals surface area (Å²) in [6.45, 7) is 5.76. The van der Waals surface area contributed by atoms with Crippen molar-refractivity contribution in [3.8, 4) is 0 Å². The van der Waals surface area contributed by atoms with Gasteiger partial charge in [0.25, 0.3) is 0 Å². The Kier molecular flexibility index (Phi) is 7.23. The van der Waals surface area contributed by atoms with E-state index in [1.54, 1.807) is 6.92 Å². The molecule has 0 saturated carbocycles. The molecule has 1 unspecified atom stereocenters. The number of anilines is 1. The first-order valence-corrected chi connectivity index (χ1v) is 7.79. The van der Waals surface area contributed by atoms with Gasteiger partial charge in [-0.3, -0.25) is 4.79 Å². The summed E-state index contributed by atoms with van der Waals surface area (Å²) in [6.07, 6.45) is 4.63. The number of aliphatic carboxylic acids is 1. The van der Waals surface area contributed by atoms with Gasteiger partial charge < -0.3 is 15.7 Å². The molecule has 21 heavy (non-hydrogen) atoms. The molecule has 0 heterocycles. The van der Waals surface area contributed by atoms with Gasteiger partial charge in [-0.25, -0.2) is 0 Å². The largest absolute Gasteiger partial charge is 0.480 e. The zero-order valence-corrected chi connectivity index (χ0v) is 13.2. The van der Waals surface area contributed by atoms with Gasteiger partial charge in [0, 0.05) is 18.8 Å². The monoisotopic (exact) mass is 292 g/mol. The lowest BCUT2D eigenvalue weighted by atomic mass is 9.96. The summed E-state index contributed by atoms with van der Waals surface area (Å²) in [5, 5.41) is 9.01. The third-order valence-corrected chi connectivity index (χ3v) is 3.77. The number of unbranched alkanes of at least 4 members (excludes halogenated alkanes) is 2. The maximum Gasteiger partial charge on any atom is 0.323 e. The van der Waals surface area contributed by atoms with Crippen LogP contribution in [0.5, 0.6) is 0 Å². The number of nitrogens with two attached hydrogens (primary N) is 1. The summed E-state index contributed by atoms with van der Waals surface area (Å²) in [7, 11) is 0. The van der Waals surface area contributed by atoms with Crippen molar-refractivity contribution in [1.29, 1.82) is 0 Å². The van der Waals surface area contributed by atoms with Crippen molar-refractivity contribution in [3.63, 3.8) is 0 Å². The van der Waals surface area contributed by atoms with Crippen molar-refractivity contribution < 1.29 is 9.90 Å². The fourth-order valence-corrected chi connectivity index (χ4v) is 2.26. The molecular formula is C17H28N2O2. The second kappa shape index (κ2) is 8.67. The molecule has 0 aliphatic rings. The molecule has 4 heteroatoms. The number of benzene rings is 1. The van der Waals surface area contributed by atoms with Crippen molar-refractivity contribution in [1.82, 2.24) is 0 Å². The lowest BCUT2D eigenvalue weighted by Gasteiger charge is -2.25. The predicted octanol–water partition coefficient (Wildman–Crippen LogP) is 3.27. The van der Waals surface area contributed by atoms with Gasteiger partial charge in [0.2, 0.25) is 0 Å². The molecule has 0 bridgehead atoms. The Morgan fingerprint density at radius 3 is 2.38 bits per heavy atom. The molecule has 0 amide bonds. The van der Waals surface area contributed by atoms with E-state index in [4.69, 9.17) is 10.8 Å². The number of para-hydroxylation sites is 1. The standard InChI is InChI=1S/C17H28N2O2/c1-3-4-13-19(15-10-6-5-7-11-15)14-9-8-12-17(2,18)16(20)21/h5-7,10-11H,3-4,8-9,12-14,18H2,1-2H3,(H,20,21). The highest BCUT2D eigenvalue weighted by Crippen LogP contribution is 2.17. The molecule has 0 aromatic heterocycles. The molecule has 0 radical (unpaired) electrons. The summed E-state index contributed by atoms with van der Waals surface area (Å²) in [5.41, 5.74) is 5.88. The number of rotatable bonds is 10. The summed E-state index contributed by atoms with van der Waals surface area (Å²) >= 11 is 0. The number of carboxylic acids is 1. The lowest BCUT2D eigenvalue weighted by Crippen LogP contribution is -2.44. The van der Waals surface area contributed by atoms with Gasteiger partial charge in [0.15, 0.2) is 0 Å². The van der Waals surface area contributed by atoms with E-state index in [1.165, 1.54) is 18.5 Å². The van der Waals surface area contributed by atoms with Crippen LogP contribution in [-0.4, -0.2) is 29.7 Å². The maximum absolute atomic E-state index is 11.0. The highest BCUT2D eigenvalue weighted by molar-refractivity contribution is 5.77. The molecule has 4 nitrogen and oxygen atoms in total. The second-order valence-corrected chi connectivity index (χ2v) is 5.86. The van der Waals surface area contributed by atoms with Crippen LogP contribution < -0.4 is 10.6 Å². The quantitative estimate of drug-likeness (QED) is 0.650. The van der Waals surface area contributed by atoms with Gasteiger partial charge >= 0.3 is 5.97 Å². The zero-order chi connectivity index (χ0) is 15.7. The number of hydrogen-bond acceptors (Lipinski definition) is 3. The number of hydrogen-bond donors (Lipinski definition) is 2. The molecule has 0 saturated heterocycles. The number of carbonyl (C=O) groups is 1. The van der Waals surface area contributed by atoms with Crippen LogP contribution >= 0.6 is 0 Å². The van der Waals surface area contributed by atoms with Crippen LogP contribution in [0.3, 0.4) is 0 Å². The van der Waals surface area contributed by atoms with Gasteiger partial charge in [-0.1, -0.05) is 31.5 Å². The van der Waals surface area contributed by atoms with Crippen molar-refractivity contribution in [3.05, 3.63) is 30.3 Å². The van der Waals surface area contributed by atoms with E-state index in [0.717, 1.165) is 25.9 Å². The SMILES string of the molecule is CCCCN(CCCCC(C)(N)C(=O)O)c1ccccc1. The zero-order valence-electron chi connectivity index (χ0n) is 13.2. The molecular weight excluding hydrogens is 264 g/mol. The molecule has 1 aromatic rings. The van der Waals surface area contributed by atoms with Gasteiger partial charge in [-0.05, 0) is 44.7 Å². The summed E-state index contributed by atoms with van der Waals surface area (Å²) in [6, 6.07) is 10.4. The van der Waals surface area contributed by atoms with Gasteiger partial charge in [0.05, 0.1) is 0 Å². The van der Waals surface area contributed by atoms with Crippen molar-refractivity contribution in [2.24, 2.45) is 5.73 Å². The minimum atomic E-state index is -1.11. The summed E-state index contributed by atoms with van der Waals surface area (Å²) in [5.74, 6) is -0.923. The Hall–Kier alpha value is -1.55. The van der Waals surface area contributed by atoms with Crippen molar-refractivity contribution >= 4 is 11.7 Å². The van der Waals surface area contributed by atoms with Crippen LogP contribution in [0.4, 0.5) is 5.69 Å². The molecule has 0 aliphatic heterocycles. The first kappa shape index (κ1) is 17.5. The third kappa shape index (κ3) is 6.17. The average molecular weight is 292 g/mol. The van der Waals surface area contributed by atoms with Crippen LogP contribution in [0.25, 0.3) is 0 Å². The number of nitrogens with zero attached hydrogens (tertiary/aromatic N) is 1. The molecule has 0 spiro atoms. The van der Waals surface area contributed by atoms with E-state index >= 15 is 0 Å². The fraction of sp³-hybridized carbons (Fsp3) is 0.588. The molecule has 0 aliphatic carbocycles. The van der Waals surface area contributed by atoms with E-state index < -0.39 is 11.5 Å². The molecule has 1 aromatic carbocycles. The molecule has 1 atom stereocenters. The van der Waals surface area contributed by atoms with Crippen LogP contribution in [-0.2, 0) is 4.79 Å². The van der Waals surface area contributed by atoms with Crippen LogP contribution in [0.15, 0.2) is 30.3 Å². The number of carboxylic acid groups (broad SMARTS) is 1. The summed E-state index contributed by atoms with van der Waals surface area (Å²) < 4.78 is 0. The fourth-order valence-electron chi connectivity index (χ4n) is 2.26. The van der Waals surface area contributed by atoms with E-state index in [1.807, 2.05) is 6.07 Å². The maximum atomic E-state index is 11.0.